The molecule has 0 bridgehead atoms. The van der Waals surface area contributed by atoms with E-state index in [1.165, 1.54) is 17.4 Å². The van der Waals surface area contributed by atoms with E-state index in [4.69, 9.17) is 0 Å². The molecule has 3 rings (SSSR count). The first-order chi connectivity index (χ1) is 9.66. The molecule has 0 unspecified atom stereocenters. The number of benzene rings is 1. The largest absolute Gasteiger partial charge is 0.347 e. The molecular formula is C14H12FN3OS. The van der Waals surface area contributed by atoms with Crippen molar-refractivity contribution in [2.45, 2.75) is 13.5 Å². The van der Waals surface area contributed by atoms with Crippen molar-refractivity contribution in [3.05, 3.63) is 52.4 Å². The number of aromatic amines is 1. The number of aromatic nitrogens is 2. The van der Waals surface area contributed by atoms with Crippen LogP contribution in [0, 0.1) is 12.7 Å². The van der Waals surface area contributed by atoms with Crippen LogP contribution in [0.4, 0.5) is 4.39 Å². The molecule has 0 radical (unpaired) electrons. The molecular weight excluding hydrogens is 277 g/mol. The van der Waals surface area contributed by atoms with Gasteiger partial charge in [-0.1, -0.05) is 6.07 Å². The van der Waals surface area contributed by atoms with Crippen molar-refractivity contribution >= 4 is 27.3 Å². The van der Waals surface area contributed by atoms with Crippen molar-refractivity contribution in [3.63, 3.8) is 0 Å². The molecule has 0 aliphatic carbocycles. The summed E-state index contributed by atoms with van der Waals surface area (Å²) in [5, 5.41) is 9.84. The maximum atomic E-state index is 13.8. The number of H-pyrrole nitrogens is 1. The lowest BCUT2D eigenvalue weighted by Crippen LogP contribution is -2.22. The molecule has 3 aromatic rings. The van der Waals surface area contributed by atoms with Gasteiger partial charge in [0.05, 0.1) is 11.1 Å². The molecule has 2 heterocycles. The third-order valence-corrected chi connectivity index (χ3v) is 4.37. The summed E-state index contributed by atoms with van der Waals surface area (Å²) in [6.45, 7) is 2.17. The van der Waals surface area contributed by atoms with Crippen LogP contribution in [0.25, 0.3) is 10.1 Å². The van der Waals surface area contributed by atoms with Gasteiger partial charge in [-0.2, -0.15) is 5.10 Å². The Morgan fingerprint density at radius 2 is 2.35 bits per heavy atom. The predicted molar refractivity (Wildman–Crippen MR) is 76.3 cm³/mol. The van der Waals surface area contributed by atoms with E-state index in [9.17, 15) is 9.18 Å². The van der Waals surface area contributed by atoms with Gasteiger partial charge < -0.3 is 5.32 Å². The monoisotopic (exact) mass is 289 g/mol. The summed E-state index contributed by atoms with van der Waals surface area (Å²) in [6.07, 6.45) is 3.37. The second-order valence-corrected chi connectivity index (χ2v) is 5.51. The molecule has 2 N–H and O–H groups in total. The fourth-order valence-corrected chi connectivity index (χ4v) is 3.25. The van der Waals surface area contributed by atoms with Crippen LogP contribution in [-0.4, -0.2) is 16.1 Å². The highest BCUT2D eigenvalue weighted by atomic mass is 32.1. The van der Waals surface area contributed by atoms with Crippen molar-refractivity contribution in [1.29, 1.82) is 0 Å². The van der Waals surface area contributed by atoms with Gasteiger partial charge in [-0.15, -0.1) is 11.3 Å². The number of nitrogens with zero attached hydrogens (tertiary/aromatic N) is 1. The lowest BCUT2D eigenvalue weighted by molar-refractivity contribution is 0.0954. The van der Waals surface area contributed by atoms with Gasteiger partial charge in [0, 0.05) is 28.4 Å². The summed E-state index contributed by atoms with van der Waals surface area (Å²) in [5.41, 5.74) is 1.58. The summed E-state index contributed by atoms with van der Waals surface area (Å²) in [6, 6.07) is 4.89. The molecule has 0 aliphatic rings. The van der Waals surface area contributed by atoms with Crippen molar-refractivity contribution in [1.82, 2.24) is 15.5 Å². The Bertz CT molecular complexity index is 764. The fourth-order valence-electron chi connectivity index (χ4n) is 2.11. The second kappa shape index (κ2) is 5.05. The van der Waals surface area contributed by atoms with E-state index >= 15 is 0 Å². The number of rotatable bonds is 3. The number of thiophene rings is 1. The molecule has 1 aromatic carbocycles. The van der Waals surface area contributed by atoms with Gasteiger partial charge in [-0.3, -0.25) is 9.89 Å². The maximum absolute atomic E-state index is 13.8. The number of hydrogen-bond donors (Lipinski definition) is 2. The number of amides is 1. The number of fused-ring (bicyclic) bond motifs is 1. The Labute approximate surface area is 118 Å². The molecule has 0 saturated carbocycles. The molecule has 0 spiro atoms. The average molecular weight is 289 g/mol. The van der Waals surface area contributed by atoms with E-state index in [0.717, 1.165) is 10.3 Å². The van der Waals surface area contributed by atoms with Crippen LogP contribution in [0.2, 0.25) is 0 Å². The summed E-state index contributed by atoms with van der Waals surface area (Å²) in [4.78, 5) is 12.7. The number of nitrogens with one attached hydrogen (secondary N) is 2. The minimum atomic E-state index is -0.287. The van der Waals surface area contributed by atoms with Gasteiger partial charge in [-0.05, 0) is 24.6 Å². The first-order valence-corrected chi connectivity index (χ1v) is 6.92. The molecule has 2 aromatic heterocycles. The van der Waals surface area contributed by atoms with E-state index in [-0.39, 0.29) is 11.7 Å². The number of carbonyl (C=O) groups is 1. The average Bonchev–Trinajstić information content (AvgIpc) is 3.05. The Hall–Kier alpha value is -2.21. The summed E-state index contributed by atoms with van der Waals surface area (Å²) < 4.78 is 14.6. The van der Waals surface area contributed by atoms with E-state index in [2.05, 4.69) is 15.5 Å². The van der Waals surface area contributed by atoms with Gasteiger partial charge in [0.1, 0.15) is 5.82 Å². The normalized spacial score (nSPS) is 10.9. The Balaban J connectivity index is 1.88. The molecule has 4 nitrogen and oxygen atoms in total. The van der Waals surface area contributed by atoms with Crippen molar-refractivity contribution in [3.8, 4) is 0 Å². The minimum absolute atomic E-state index is 0.190. The molecule has 1 amide bonds. The highest BCUT2D eigenvalue weighted by Crippen LogP contribution is 2.32. The zero-order valence-corrected chi connectivity index (χ0v) is 11.6. The fraction of sp³-hybridized carbons (Fsp3) is 0.143. The van der Waals surface area contributed by atoms with E-state index in [1.807, 2.05) is 6.07 Å². The molecule has 20 heavy (non-hydrogen) atoms. The Kier molecular flexibility index (Phi) is 3.23. The highest BCUT2D eigenvalue weighted by Gasteiger charge is 2.17. The molecule has 102 valence electrons. The molecule has 0 aliphatic heterocycles. The van der Waals surface area contributed by atoms with E-state index in [1.54, 1.807) is 25.4 Å². The van der Waals surface area contributed by atoms with Gasteiger partial charge >= 0.3 is 0 Å². The van der Waals surface area contributed by atoms with Gasteiger partial charge in [0.2, 0.25) is 0 Å². The van der Waals surface area contributed by atoms with Crippen LogP contribution in [0.1, 0.15) is 20.8 Å². The zero-order chi connectivity index (χ0) is 14.1. The van der Waals surface area contributed by atoms with Gasteiger partial charge in [0.15, 0.2) is 0 Å². The maximum Gasteiger partial charge on any atom is 0.261 e. The molecule has 0 atom stereocenters. The SMILES string of the molecule is Cc1c(C(=O)NCc2cn[nH]c2)sc2cccc(F)c12. The Morgan fingerprint density at radius 1 is 1.50 bits per heavy atom. The standard InChI is InChI=1S/C14H12FN3OS/c1-8-12-10(15)3-2-4-11(12)20-13(8)14(19)16-5-9-6-17-18-7-9/h2-4,6-7H,5H2,1H3,(H,16,19)(H,17,18). The highest BCUT2D eigenvalue weighted by molar-refractivity contribution is 7.21. The van der Waals surface area contributed by atoms with Crippen LogP contribution in [0.5, 0.6) is 0 Å². The summed E-state index contributed by atoms with van der Waals surface area (Å²) in [7, 11) is 0. The van der Waals surface area contributed by atoms with Gasteiger partial charge in [0.25, 0.3) is 5.91 Å². The minimum Gasteiger partial charge on any atom is -0.347 e. The Morgan fingerprint density at radius 3 is 3.05 bits per heavy atom. The van der Waals surface area contributed by atoms with Crippen LogP contribution in [0.15, 0.2) is 30.6 Å². The first-order valence-electron chi connectivity index (χ1n) is 6.10. The number of halogens is 1. The van der Waals surface area contributed by atoms with Crippen LogP contribution in [-0.2, 0) is 6.54 Å². The molecule has 0 fully saturated rings. The third kappa shape index (κ3) is 2.18. The van der Waals surface area contributed by atoms with Crippen molar-refractivity contribution in [2.24, 2.45) is 0 Å². The molecule has 0 saturated heterocycles. The summed E-state index contributed by atoms with van der Waals surface area (Å²) >= 11 is 1.31. The van der Waals surface area contributed by atoms with Crippen LogP contribution < -0.4 is 5.32 Å². The number of hydrogen-bond acceptors (Lipinski definition) is 3. The van der Waals surface area contributed by atoms with Crippen LogP contribution >= 0.6 is 11.3 Å². The topological polar surface area (TPSA) is 57.8 Å². The van der Waals surface area contributed by atoms with Crippen molar-refractivity contribution in [2.75, 3.05) is 0 Å². The molecule has 6 heteroatoms. The number of carbonyl (C=O) groups excluding carboxylic acids is 1. The lowest BCUT2D eigenvalue weighted by atomic mass is 10.1. The summed E-state index contributed by atoms with van der Waals surface area (Å²) in [5.74, 6) is -0.477. The van der Waals surface area contributed by atoms with E-state index < -0.39 is 0 Å². The zero-order valence-electron chi connectivity index (χ0n) is 10.7. The third-order valence-electron chi connectivity index (χ3n) is 3.12. The first kappa shape index (κ1) is 12.8. The second-order valence-electron chi connectivity index (χ2n) is 4.46. The van der Waals surface area contributed by atoms with Crippen LogP contribution in [0.3, 0.4) is 0 Å². The quantitative estimate of drug-likeness (QED) is 0.778. The number of aryl methyl sites for hydroxylation is 1. The smallest absolute Gasteiger partial charge is 0.261 e. The van der Waals surface area contributed by atoms with Gasteiger partial charge in [-0.25, -0.2) is 4.39 Å². The predicted octanol–water partition coefficient (Wildman–Crippen LogP) is 3.00. The van der Waals surface area contributed by atoms with E-state index in [0.29, 0.717) is 22.4 Å². The lowest BCUT2D eigenvalue weighted by Gasteiger charge is -2.02. The van der Waals surface area contributed by atoms with Crippen molar-refractivity contribution < 1.29 is 9.18 Å².